The number of fused-ring (bicyclic) bond motifs is 2. The van der Waals surface area contributed by atoms with Crippen molar-refractivity contribution in [2.45, 2.75) is 12.2 Å². The van der Waals surface area contributed by atoms with Crippen molar-refractivity contribution in [3.8, 4) is 17.2 Å². The van der Waals surface area contributed by atoms with E-state index in [2.05, 4.69) is 5.32 Å². The van der Waals surface area contributed by atoms with E-state index in [0.29, 0.717) is 16.6 Å². The van der Waals surface area contributed by atoms with Gasteiger partial charge in [-0.3, -0.25) is 4.79 Å². The summed E-state index contributed by atoms with van der Waals surface area (Å²) in [5, 5.41) is 8.33. The summed E-state index contributed by atoms with van der Waals surface area (Å²) in [6, 6.07) is 13.3. The number of thioether (sulfide) groups is 1. The monoisotopic (exact) mass is 413 g/mol. The predicted molar refractivity (Wildman–Crippen MR) is 109 cm³/mol. The SMILES string of the molecule is Cc1nn(-c2ccc(Cl)cc2)c2c1C(c1ccc3c(c1)OCO3)SCC(=O)N2. The van der Waals surface area contributed by atoms with Crippen LogP contribution in [0.2, 0.25) is 5.02 Å². The molecule has 1 atom stereocenters. The Morgan fingerprint density at radius 3 is 2.79 bits per heavy atom. The van der Waals surface area contributed by atoms with E-state index < -0.39 is 0 Å². The van der Waals surface area contributed by atoms with Crippen LogP contribution in [0.25, 0.3) is 5.69 Å². The summed E-state index contributed by atoms with van der Waals surface area (Å²) in [4.78, 5) is 12.4. The summed E-state index contributed by atoms with van der Waals surface area (Å²) in [5.41, 5.74) is 3.74. The Hall–Kier alpha value is -2.64. The third-order valence-electron chi connectivity index (χ3n) is 4.78. The molecule has 6 nitrogen and oxygen atoms in total. The fourth-order valence-corrected chi connectivity index (χ4v) is 4.80. The van der Waals surface area contributed by atoms with Crippen molar-refractivity contribution < 1.29 is 14.3 Å². The summed E-state index contributed by atoms with van der Waals surface area (Å²) in [6.07, 6.45) is 0. The molecule has 1 amide bonds. The molecule has 2 aromatic carbocycles. The van der Waals surface area contributed by atoms with Gasteiger partial charge in [-0.25, -0.2) is 4.68 Å². The Kier molecular flexibility index (Phi) is 4.21. The molecular weight excluding hydrogens is 398 g/mol. The van der Waals surface area contributed by atoms with Gasteiger partial charge in [0.1, 0.15) is 5.82 Å². The number of aryl methyl sites for hydroxylation is 1. The Labute approximate surface area is 170 Å². The number of aromatic nitrogens is 2. The summed E-state index contributed by atoms with van der Waals surface area (Å²) in [5.74, 6) is 2.46. The number of carbonyl (C=O) groups is 1. The molecule has 1 aromatic heterocycles. The van der Waals surface area contributed by atoms with Crippen LogP contribution in [-0.2, 0) is 4.79 Å². The van der Waals surface area contributed by atoms with Crippen LogP contribution in [0.4, 0.5) is 5.82 Å². The van der Waals surface area contributed by atoms with Crippen molar-refractivity contribution >= 4 is 35.1 Å². The molecule has 0 radical (unpaired) electrons. The lowest BCUT2D eigenvalue weighted by Crippen LogP contribution is -2.15. The van der Waals surface area contributed by atoms with E-state index in [1.54, 1.807) is 16.4 Å². The maximum Gasteiger partial charge on any atom is 0.235 e. The molecule has 0 spiro atoms. The molecule has 3 heterocycles. The molecule has 1 unspecified atom stereocenters. The van der Waals surface area contributed by atoms with E-state index in [1.807, 2.05) is 49.4 Å². The second-order valence-corrected chi connectivity index (χ2v) is 8.12. The van der Waals surface area contributed by atoms with Gasteiger partial charge < -0.3 is 14.8 Å². The maximum atomic E-state index is 12.4. The molecule has 0 saturated heterocycles. The molecule has 0 aliphatic carbocycles. The molecule has 2 aliphatic heterocycles. The number of carbonyl (C=O) groups excluding carboxylic acids is 1. The highest BCUT2D eigenvalue weighted by atomic mass is 35.5. The van der Waals surface area contributed by atoms with Crippen molar-refractivity contribution in [3.05, 3.63) is 64.3 Å². The minimum Gasteiger partial charge on any atom is -0.454 e. The highest BCUT2D eigenvalue weighted by molar-refractivity contribution is 8.00. The van der Waals surface area contributed by atoms with Gasteiger partial charge in [0.15, 0.2) is 11.5 Å². The van der Waals surface area contributed by atoms with Gasteiger partial charge in [0.2, 0.25) is 12.7 Å². The Morgan fingerprint density at radius 2 is 1.96 bits per heavy atom. The van der Waals surface area contributed by atoms with Gasteiger partial charge in [-0.2, -0.15) is 5.10 Å². The zero-order valence-corrected chi connectivity index (χ0v) is 16.5. The van der Waals surface area contributed by atoms with Gasteiger partial charge in [-0.1, -0.05) is 17.7 Å². The van der Waals surface area contributed by atoms with Crippen LogP contribution in [0.5, 0.6) is 11.5 Å². The highest BCUT2D eigenvalue weighted by Crippen LogP contribution is 2.46. The molecule has 142 valence electrons. The van der Waals surface area contributed by atoms with Crippen LogP contribution in [-0.4, -0.2) is 28.2 Å². The number of halogens is 1. The van der Waals surface area contributed by atoms with E-state index in [1.165, 1.54) is 0 Å². The Morgan fingerprint density at radius 1 is 1.18 bits per heavy atom. The second kappa shape index (κ2) is 6.76. The molecule has 5 rings (SSSR count). The summed E-state index contributed by atoms with van der Waals surface area (Å²) in [6.45, 7) is 2.19. The fraction of sp³-hybridized carbons (Fsp3) is 0.200. The minimum absolute atomic E-state index is 0.0513. The minimum atomic E-state index is -0.0514. The lowest BCUT2D eigenvalue weighted by molar-refractivity contribution is -0.113. The highest BCUT2D eigenvalue weighted by Gasteiger charge is 2.31. The molecule has 0 fully saturated rings. The normalized spacial score (nSPS) is 17.8. The third kappa shape index (κ3) is 2.91. The van der Waals surface area contributed by atoms with Crippen molar-refractivity contribution in [2.24, 2.45) is 0 Å². The lowest BCUT2D eigenvalue weighted by Gasteiger charge is -2.16. The quantitative estimate of drug-likeness (QED) is 0.677. The summed E-state index contributed by atoms with van der Waals surface area (Å²) in [7, 11) is 0. The molecule has 28 heavy (non-hydrogen) atoms. The number of hydrogen-bond donors (Lipinski definition) is 1. The van der Waals surface area contributed by atoms with Crippen LogP contribution in [0.3, 0.4) is 0 Å². The van der Waals surface area contributed by atoms with Crippen molar-refractivity contribution in [1.29, 1.82) is 0 Å². The van der Waals surface area contributed by atoms with Crippen molar-refractivity contribution in [1.82, 2.24) is 9.78 Å². The topological polar surface area (TPSA) is 65.4 Å². The van der Waals surface area contributed by atoms with Crippen molar-refractivity contribution in [3.63, 3.8) is 0 Å². The van der Waals surface area contributed by atoms with Crippen molar-refractivity contribution in [2.75, 3.05) is 17.9 Å². The molecule has 1 N–H and O–H groups in total. The predicted octanol–water partition coefficient (Wildman–Crippen LogP) is 4.34. The molecule has 8 heteroatoms. The Bertz CT molecular complexity index is 1080. The number of rotatable bonds is 2. The third-order valence-corrected chi connectivity index (χ3v) is 6.30. The van der Waals surface area contributed by atoms with Gasteiger partial charge in [0.25, 0.3) is 0 Å². The average Bonchev–Trinajstić information content (AvgIpc) is 3.23. The van der Waals surface area contributed by atoms with Gasteiger partial charge in [0.05, 0.1) is 22.4 Å². The smallest absolute Gasteiger partial charge is 0.235 e. The van der Waals surface area contributed by atoms with Crippen LogP contribution >= 0.6 is 23.4 Å². The van der Waals surface area contributed by atoms with Crippen LogP contribution in [0.15, 0.2) is 42.5 Å². The van der Waals surface area contributed by atoms with E-state index in [-0.39, 0.29) is 18.0 Å². The molecule has 2 aliphatic rings. The molecular formula is C20H16ClN3O3S. The van der Waals surface area contributed by atoms with E-state index in [0.717, 1.165) is 34.0 Å². The number of benzene rings is 2. The molecule has 3 aromatic rings. The lowest BCUT2D eigenvalue weighted by atomic mass is 10.0. The number of ether oxygens (including phenoxy) is 2. The number of nitrogens with one attached hydrogen (secondary N) is 1. The first-order chi connectivity index (χ1) is 13.6. The molecule has 0 saturated carbocycles. The van der Waals surface area contributed by atoms with E-state index in [9.17, 15) is 4.79 Å². The fourth-order valence-electron chi connectivity index (χ4n) is 3.49. The second-order valence-electron chi connectivity index (χ2n) is 6.59. The van der Waals surface area contributed by atoms with Crippen LogP contribution < -0.4 is 14.8 Å². The largest absolute Gasteiger partial charge is 0.454 e. The number of hydrogen-bond acceptors (Lipinski definition) is 5. The van der Waals surface area contributed by atoms with Crippen LogP contribution in [0, 0.1) is 6.92 Å². The first-order valence-electron chi connectivity index (χ1n) is 8.76. The van der Waals surface area contributed by atoms with Gasteiger partial charge in [-0.15, -0.1) is 11.8 Å². The van der Waals surface area contributed by atoms with E-state index >= 15 is 0 Å². The number of anilines is 1. The molecule has 0 bridgehead atoms. The maximum absolute atomic E-state index is 12.4. The van der Waals surface area contributed by atoms with E-state index in [4.69, 9.17) is 26.2 Å². The zero-order valence-electron chi connectivity index (χ0n) is 14.9. The van der Waals surface area contributed by atoms with Crippen LogP contribution in [0.1, 0.15) is 22.1 Å². The number of nitrogens with zero attached hydrogens (tertiary/aromatic N) is 2. The first-order valence-corrected chi connectivity index (χ1v) is 10.2. The zero-order chi connectivity index (χ0) is 19.3. The number of amides is 1. The standard InChI is InChI=1S/C20H16ClN3O3S/c1-11-18-19(12-2-7-15-16(8-12)27-10-26-15)28-9-17(25)22-20(18)24(23-11)14-5-3-13(21)4-6-14/h2-8,19H,9-10H2,1H3,(H,22,25). The first kappa shape index (κ1) is 17.5. The van der Waals surface area contributed by atoms with Gasteiger partial charge in [-0.05, 0) is 48.9 Å². The summed E-state index contributed by atoms with van der Waals surface area (Å²) >= 11 is 7.60. The average molecular weight is 414 g/mol. The van der Waals surface area contributed by atoms with Gasteiger partial charge >= 0.3 is 0 Å². The van der Waals surface area contributed by atoms with Gasteiger partial charge in [0, 0.05) is 10.6 Å². The summed E-state index contributed by atoms with van der Waals surface area (Å²) < 4.78 is 12.7. The Balaban J connectivity index is 1.65.